The minimum absolute atomic E-state index is 0.142. The summed E-state index contributed by atoms with van der Waals surface area (Å²) in [7, 11) is 0. The summed E-state index contributed by atoms with van der Waals surface area (Å²) in [6, 6.07) is 22.9. The van der Waals surface area contributed by atoms with Crippen molar-refractivity contribution in [1.29, 1.82) is 0 Å². The van der Waals surface area contributed by atoms with Crippen molar-refractivity contribution < 1.29 is 4.79 Å². The molecule has 0 aliphatic rings. The summed E-state index contributed by atoms with van der Waals surface area (Å²) >= 11 is 0. The lowest BCUT2D eigenvalue weighted by Gasteiger charge is -2.16. The number of H-pyrrole nitrogens is 2. The number of para-hydroxylation sites is 4. The van der Waals surface area contributed by atoms with Crippen molar-refractivity contribution in [1.82, 2.24) is 25.3 Å². The number of imidazole rings is 2. The number of carbonyl (C=O) groups excluding carboxylic acids is 1. The lowest BCUT2D eigenvalue weighted by Crippen LogP contribution is -2.31. The third-order valence-corrected chi connectivity index (χ3v) is 5.19. The minimum atomic E-state index is -0.355. The molecule has 2 heterocycles. The highest BCUT2D eigenvalue weighted by atomic mass is 16.1. The van der Waals surface area contributed by atoms with Gasteiger partial charge in [-0.15, -0.1) is 0 Å². The van der Waals surface area contributed by atoms with Gasteiger partial charge in [-0.1, -0.05) is 42.0 Å². The summed E-state index contributed by atoms with van der Waals surface area (Å²) in [5.74, 6) is 1.36. The van der Waals surface area contributed by atoms with Gasteiger partial charge in [0.15, 0.2) is 0 Å². The Hall–Kier alpha value is -3.93. The van der Waals surface area contributed by atoms with E-state index in [1.54, 1.807) is 0 Å². The smallest absolute Gasteiger partial charge is 0.251 e. The summed E-state index contributed by atoms with van der Waals surface area (Å²) in [6.07, 6.45) is 0.492. The van der Waals surface area contributed by atoms with E-state index in [-0.39, 0.29) is 11.9 Å². The zero-order chi connectivity index (χ0) is 20.5. The van der Waals surface area contributed by atoms with E-state index in [0.717, 1.165) is 33.5 Å². The summed E-state index contributed by atoms with van der Waals surface area (Å²) in [4.78, 5) is 29.0. The molecule has 6 nitrogen and oxygen atoms in total. The zero-order valence-electron chi connectivity index (χ0n) is 16.5. The molecule has 0 aliphatic carbocycles. The van der Waals surface area contributed by atoms with Crippen LogP contribution in [-0.2, 0) is 6.42 Å². The third-order valence-electron chi connectivity index (χ3n) is 5.19. The number of hydrogen-bond donors (Lipinski definition) is 3. The van der Waals surface area contributed by atoms with E-state index in [2.05, 4.69) is 20.3 Å². The van der Waals surface area contributed by atoms with Gasteiger partial charge < -0.3 is 15.3 Å². The molecule has 30 heavy (non-hydrogen) atoms. The van der Waals surface area contributed by atoms with Gasteiger partial charge in [0.25, 0.3) is 5.91 Å². The second-order valence-electron chi connectivity index (χ2n) is 7.44. The Labute approximate surface area is 173 Å². The van der Waals surface area contributed by atoms with Crippen molar-refractivity contribution in [3.63, 3.8) is 0 Å². The van der Waals surface area contributed by atoms with Crippen molar-refractivity contribution in [2.75, 3.05) is 0 Å². The number of nitrogens with zero attached hydrogens (tertiary/aromatic N) is 2. The maximum absolute atomic E-state index is 12.9. The second kappa shape index (κ2) is 7.48. The lowest BCUT2D eigenvalue weighted by molar-refractivity contribution is 0.0934. The predicted molar refractivity (Wildman–Crippen MR) is 117 cm³/mol. The molecular formula is C24H21N5O. The van der Waals surface area contributed by atoms with E-state index in [0.29, 0.717) is 17.8 Å². The average molecular weight is 395 g/mol. The number of hydrogen-bond acceptors (Lipinski definition) is 3. The van der Waals surface area contributed by atoms with E-state index in [9.17, 15) is 4.79 Å². The number of aromatic amines is 2. The summed E-state index contributed by atoms with van der Waals surface area (Å²) in [5.41, 5.74) is 5.41. The van der Waals surface area contributed by atoms with E-state index < -0.39 is 0 Å². The van der Waals surface area contributed by atoms with Crippen LogP contribution >= 0.6 is 0 Å². The van der Waals surface area contributed by atoms with E-state index in [4.69, 9.17) is 4.98 Å². The SMILES string of the molecule is Cc1ccc(C(=O)NC(Cc2nc3ccccc3[nH]2)c2nc3ccccc3[nH]2)cc1. The molecule has 1 amide bonds. The molecule has 0 bridgehead atoms. The highest BCUT2D eigenvalue weighted by Gasteiger charge is 2.21. The number of carbonyl (C=O) groups is 1. The first kappa shape index (κ1) is 18.1. The fraction of sp³-hybridized carbons (Fsp3) is 0.125. The van der Waals surface area contributed by atoms with Gasteiger partial charge in [-0.2, -0.15) is 0 Å². The molecule has 6 heteroatoms. The standard InChI is InChI=1S/C24H21N5O/c1-15-10-12-16(13-11-15)24(30)29-21(23-27-19-8-4-5-9-20(19)28-23)14-22-25-17-6-2-3-7-18(17)26-22/h2-13,21H,14H2,1H3,(H,25,26)(H,27,28)(H,29,30). The van der Waals surface area contributed by atoms with Crippen LogP contribution < -0.4 is 5.32 Å². The monoisotopic (exact) mass is 395 g/mol. The molecule has 0 saturated carbocycles. The van der Waals surface area contributed by atoms with Crippen molar-refractivity contribution in [2.24, 2.45) is 0 Å². The molecule has 5 rings (SSSR count). The van der Waals surface area contributed by atoms with Crippen LogP contribution in [0.15, 0.2) is 72.8 Å². The maximum Gasteiger partial charge on any atom is 0.251 e. The molecule has 0 spiro atoms. The van der Waals surface area contributed by atoms with Gasteiger partial charge in [0.2, 0.25) is 0 Å². The summed E-state index contributed by atoms with van der Waals surface area (Å²) in [5, 5.41) is 3.13. The van der Waals surface area contributed by atoms with Gasteiger partial charge in [0.05, 0.1) is 28.1 Å². The Kier molecular flexibility index (Phi) is 4.52. The lowest BCUT2D eigenvalue weighted by atomic mass is 10.1. The Balaban J connectivity index is 1.49. The van der Waals surface area contributed by atoms with Gasteiger partial charge >= 0.3 is 0 Å². The van der Waals surface area contributed by atoms with Crippen LogP contribution in [0.5, 0.6) is 0 Å². The molecule has 0 saturated heterocycles. The Morgan fingerprint density at radius 2 is 1.50 bits per heavy atom. The molecule has 3 N–H and O–H groups in total. The topological polar surface area (TPSA) is 86.5 Å². The van der Waals surface area contributed by atoms with Crippen LogP contribution in [0.1, 0.15) is 33.6 Å². The van der Waals surface area contributed by atoms with Crippen LogP contribution in [0.3, 0.4) is 0 Å². The molecule has 1 unspecified atom stereocenters. The molecule has 3 aromatic carbocycles. The largest absolute Gasteiger partial charge is 0.342 e. The normalized spacial score (nSPS) is 12.3. The average Bonchev–Trinajstić information content (AvgIpc) is 3.37. The Morgan fingerprint density at radius 1 is 0.867 bits per heavy atom. The highest BCUT2D eigenvalue weighted by Crippen LogP contribution is 2.21. The van der Waals surface area contributed by atoms with E-state index in [1.165, 1.54) is 0 Å². The number of aryl methyl sites for hydroxylation is 1. The molecule has 0 radical (unpaired) electrons. The number of aromatic nitrogens is 4. The molecular weight excluding hydrogens is 374 g/mol. The van der Waals surface area contributed by atoms with Crippen molar-refractivity contribution in [3.8, 4) is 0 Å². The van der Waals surface area contributed by atoms with Crippen molar-refractivity contribution >= 4 is 28.0 Å². The molecule has 0 fully saturated rings. The van der Waals surface area contributed by atoms with Crippen molar-refractivity contribution in [3.05, 3.63) is 95.6 Å². The number of benzene rings is 3. The molecule has 148 valence electrons. The van der Waals surface area contributed by atoms with Crippen LogP contribution in [0, 0.1) is 6.92 Å². The molecule has 2 aromatic heterocycles. The van der Waals surface area contributed by atoms with Gasteiger partial charge in [0, 0.05) is 12.0 Å². The number of nitrogens with one attached hydrogen (secondary N) is 3. The van der Waals surface area contributed by atoms with Gasteiger partial charge in [-0.05, 0) is 43.3 Å². The second-order valence-corrected chi connectivity index (χ2v) is 7.44. The fourth-order valence-electron chi connectivity index (χ4n) is 3.60. The van der Waals surface area contributed by atoms with Gasteiger partial charge in [-0.3, -0.25) is 4.79 Å². The summed E-state index contributed by atoms with van der Waals surface area (Å²) in [6.45, 7) is 2.00. The first-order chi connectivity index (χ1) is 14.7. The number of rotatable bonds is 5. The zero-order valence-corrected chi connectivity index (χ0v) is 16.5. The quantitative estimate of drug-likeness (QED) is 0.411. The van der Waals surface area contributed by atoms with Crippen molar-refractivity contribution in [2.45, 2.75) is 19.4 Å². The number of fused-ring (bicyclic) bond motifs is 2. The first-order valence-corrected chi connectivity index (χ1v) is 9.91. The molecule has 0 aliphatic heterocycles. The Bertz CT molecular complexity index is 1270. The fourth-order valence-corrected chi connectivity index (χ4v) is 3.60. The Morgan fingerprint density at radius 3 is 2.17 bits per heavy atom. The number of amides is 1. The molecule has 1 atom stereocenters. The van der Waals surface area contributed by atoms with Crippen LogP contribution in [0.25, 0.3) is 22.1 Å². The van der Waals surface area contributed by atoms with Crippen LogP contribution in [0.4, 0.5) is 0 Å². The van der Waals surface area contributed by atoms with Crippen LogP contribution in [0.2, 0.25) is 0 Å². The highest BCUT2D eigenvalue weighted by molar-refractivity contribution is 5.94. The van der Waals surface area contributed by atoms with E-state index >= 15 is 0 Å². The van der Waals surface area contributed by atoms with Gasteiger partial charge in [0.1, 0.15) is 11.6 Å². The predicted octanol–water partition coefficient (Wildman–Crippen LogP) is 4.46. The maximum atomic E-state index is 12.9. The van der Waals surface area contributed by atoms with Crippen LogP contribution in [-0.4, -0.2) is 25.8 Å². The first-order valence-electron chi connectivity index (χ1n) is 9.91. The summed E-state index contributed by atoms with van der Waals surface area (Å²) < 4.78 is 0. The van der Waals surface area contributed by atoms with E-state index in [1.807, 2.05) is 79.7 Å². The minimum Gasteiger partial charge on any atom is -0.342 e. The molecule has 5 aromatic rings. The third kappa shape index (κ3) is 3.55. The van der Waals surface area contributed by atoms with Gasteiger partial charge in [-0.25, -0.2) is 9.97 Å².